The molecule has 0 fully saturated rings. The number of aromatic amines is 1. The van der Waals surface area contributed by atoms with Gasteiger partial charge >= 0.3 is 21.7 Å². The van der Waals surface area contributed by atoms with Crippen LogP contribution in [0, 0.1) is 0 Å². The van der Waals surface area contributed by atoms with E-state index in [4.69, 9.17) is 4.74 Å². The zero-order valence-corrected chi connectivity index (χ0v) is 20.5. The third-order valence-electron chi connectivity index (χ3n) is 4.73. The van der Waals surface area contributed by atoms with E-state index in [2.05, 4.69) is 14.2 Å². The summed E-state index contributed by atoms with van der Waals surface area (Å²) >= 11 is 0. The third-order valence-corrected chi connectivity index (χ3v) is 5.71. The van der Waals surface area contributed by atoms with Crippen molar-refractivity contribution in [3.63, 3.8) is 0 Å². The summed E-state index contributed by atoms with van der Waals surface area (Å²) in [6.45, 7) is 8.06. The Hall–Kier alpha value is -3.28. The van der Waals surface area contributed by atoms with Gasteiger partial charge in [0.25, 0.3) is 0 Å². The Morgan fingerprint density at radius 3 is 2.37 bits per heavy atom. The molecule has 0 unspecified atom stereocenters. The third kappa shape index (κ3) is 6.65. The molecule has 1 amide bonds. The molecule has 190 valence electrons. The molecule has 0 bridgehead atoms. The molecule has 0 saturated heterocycles. The van der Waals surface area contributed by atoms with E-state index in [1.54, 1.807) is 50.1 Å². The average Bonchev–Trinajstić information content (AvgIpc) is 3.19. The number of nitrogens with one attached hydrogen (secondary N) is 1. The number of hydrogen-bond acceptors (Lipinski definition) is 6. The van der Waals surface area contributed by atoms with Gasteiger partial charge in [0.05, 0.1) is 18.4 Å². The van der Waals surface area contributed by atoms with Gasteiger partial charge in [0.15, 0.2) is 0 Å². The number of benzene rings is 2. The van der Waals surface area contributed by atoms with Crippen LogP contribution in [0.4, 0.5) is 18.0 Å². The van der Waals surface area contributed by atoms with Crippen LogP contribution in [-0.4, -0.2) is 47.0 Å². The molecule has 1 aromatic heterocycles. The summed E-state index contributed by atoms with van der Waals surface area (Å²) in [4.78, 5) is 21.6. The molecule has 0 aliphatic rings. The van der Waals surface area contributed by atoms with Gasteiger partial charge in [-0.1, -0.05) is 25.1 Å². The fourth-order valence-electron chi connectivity index (χ4n) is 3.22. The summed E-state index contributed by atoms with van der Waals surface area (Å²) in [6.07, 6.45) is 1.92. The summed E-state index contributed by atoms with van der Waals surface area (Å²) in [5, 5.41) is 1.14. The van der Waals surface area contributed by atoms with Crippen LogP contribution in [0.5, 0.6) is 5.75 Å². The first-order valence-corrected chi connectivity index (χ1v) is 12.2. The van der Waals surface area contributed by atoms with Gasteiger partial charge in [-0.3, -0.25) is 0 Å². The van der Waals surface area contributed by atoms with Crippen LogP contribution in [0.2, 0.25) is 0 Å². The Morgan fingerprint density at radius 2 is 1.74 bits per heavy atom. The van der Waals surface area contributed by atoms with Crippen LogP contribution >= 0.6 is 0 Å². The van der Waals surface area contributed by atoms with Gasteiger partial charge in [-0.25, -0.2) is 9.78 Å². The monoisotopic (exact) mass is 513 g/mol. The number of hydrogen-bond donors (Lipinski definition) is 1. The predicted molar refractivity (Wildman–Crippen MR) is 124 cm³/mol. The Bertz CT molecular complexity index is 1310. The molecule has 0 radical (unpaired) electrons. The number of amides is 1. The van der Waals surface area contributed by atoms with E-state index >= 15 is 0 Å². The number of fused-ring (bicyclic) bond motifs is 1. The fourth-order valence-corrected chi connectivity index (χ4v) is 3.67. The highest BCUT2D eigenvalue weighted by atomic mass is 32.2. The van der Waals surface area contributed by atoms with Gasteiger partial charge in [-0.2, -0.15) is 21.6 Å². The lowest BCUT2D eigenvalue weighted by Gasteiger charge is -2.26. The van der Waals surface area contributed by atoms with Gasteiger partial charge in [-0.05, 0) is 56.2 Å². The topological polar surface area (TPSA) is 102 Å². The second-order valence-electron chi connectivity index (χ2n) is 8.85. The van der Waals surface area contributed by atoms with Crippen LogP contribution in [-0.2, 0) is 21.4 Å². The number of alkyl halides is 3. The highest BCUT2D eigenvalue weighted by Gasteiger charge is 2.48. The number of imidazole rings is 1. The van der Waals surface area contributed by atoms with Crippen molar-refractivity contribution in [2.75, 3.05) is 6.54 Å². The summed E-state index contributed by atoms with van der Waals surface area (Å²) in [5.41, 5.74) is -4.72. The first kappa shape index (κ1) is 26.3. The molecule has 1 N–H and O–H groups in total. The van der Waals surface area contributed by atoms with Crippen molar-refractivity contribution in [3.05, 3.63) is 48.4 Å². The first-order chi connectivity index (χ1) is 16.2. The second-order valence-corrected chi connectivity index (χ2v) is 10.4. The fraction of sp³-hybridized carbons (Fsp3) is 0.391. The summed E-state index contributed by atoms with van der Waals surface area (Å²) < 4.78 is 69.8. The lowest BCUT2D eigenvalue weighted by Crippen LogP contribution is -2.37. The van der Waals surface area contributed by atoms with E-state index in [9.17, 15) is 26.4 Å². The lowest BCUT2D eigenvalue weighted by atomic mass is 10.1. The maximum atomic E-state index is 12.6. The van der Waals surface area contributed by atoms with Crippen molar-refractivity contribution < 1.29 is 35.3 Å². The molecule has 8 nitrogen and oxygen atoms in total. The molecule has 35 heavy (non-hydrogen) atoms. The first-order valence-electron chi connectivity index (χ1n) is 10.8. The SMILES string of the molecule is CCCN(Cc1ncc(-c2ccc3cc(OS(=O)(=O)C(F)(F)F)ccc3c2)[nH]1)C(=O)OC(C)(C)C. The van der Waals surface area contributed by atoms with Gasteiger partial charge < -0.3 is 18.8 Å². The molecule has 0 aliphatic heterocycles. The number of halogens is 3. The minimum absolute atomic E-state index is 0.227. The molecule has 12 heteroatoms. The van der Waals surface area contributed by atoms with Crippen LogP contribution in [0.15, 0.2) is 42.6 Å². The summed E-state index contributed by atoms with van der Waals surface area (Å²) in [6, 6.07) is 8.93. The van der Waals surface area contributed by atoms with Crippen molar-refractivity contribution in [2.45, 2.75) is 51.8 Å². The number of H-pyrrole nitrogens is 1. The van der Waals surface area contributed by atoms with Crippen LogP contribution < -0.4 is 4.18 Å². The number of nitrogens with zero attached hydrogens (tertiary/aromatic N) is 2. The Balaban J connectivity index is 1.79. The molecule has 3 rings (SSSR count). The average molecular weight is 514 g/mol. The van der Waals surface area contributed by atoms with E-state index in [1.807, 2.05) is 6.92 Å². The molecule has 2 aromatic carbocycles. The highest BCUT2D eigenvalue weighted by molar-refractivity contribution is 7.88. The van der Waals surface area contributed by atoms with Crippen molar-refractivity contribution in [1.82, 2.24) is 14.9 Å². The van der Waals surface area contributed by atoms with Crippen LogP contribution in [0.3, 0.4) is 0 Å². The largest absolute Gasteiger partial charge is 0.534 e. The smallest absolute Gasteiger partial charge is 0.444 e. The van der Waals surface area contributed by atoms with Crippen LogP contribution in [0.25, 0.3) is 22.0 Å². The number of carbonyl (C=O) groups is 1. The number of aromatic nitrogens is 2. The minimum atomic E-state index is -5.75. The second kappa shape index (κ2) is 9.76. The number of carbonyl (C=O) groups excluding carboxylic acids is 1. The van der Waals surface area contributed by atoms with Crippen molar-refractivity contribution in [3.8, 4) is 17.0 Å². The molecule has 0 saturated carbocycles. The molecular formula is C23H26F3N3O5S. The maximum Gasteiger partial charge on any atom is 0.534 e. The summed E-state index contributed by atoms with van der Waals surface area (Å²) in [7, 11) is -5.75. The van der Waals surface area contributed by atoms with Gasteiger partial charge in [-0.15, -0.1) is 0 Å². The maximum absolute atomic E-state index is 12.6. The van der Waals surface area contributed by atoms with Crippen molar-refractivity contribution >= 4 is 27.0 Å². The number of rotatable bonds is 7. The van der Waals surface area contributed by atoms with E-state index in [0.29, 0.717) is 28.8 Å². The normalized spacial score (nSPS) is 12.5. The van der Waals surface area contributed by atoms with Gasteiger partial charge in [0.2, 0.25) is 0 Å². The lowest BCUT2D eigenvalue weighted by molar-refractivity contribution is -0.0500. The quantitative estimate of drug-likeness (QED) is 0.326. The Morgan fingerprint density at radius 1 is 1.09 bits per heavy atom. The minimum Gasteiger partial charge on any atom is -0.444 e. The van der Waals surface area contributed by atoms with E-state index in [0.717, 1.165) is 18.1 Å². The van der Waals surface area contributed by atoms with Crippen molar-refractivity contribution in [2.24, 2.45) is 0 Å². The zero-order valence-electron chi connectivity index (χ0n) is 19.6. The predicted octanol–water partition coefficient (Wildman–Crippen LogP) is 5.61. The van der Waals surface area contributed by atoms with Crippen LogP contribution in [0.1, 0.15) is 39.9 Å². The zero-order chi connectivity index (χ0) is 26.0. The van der Waals surface area contributed by atoms with Gasteiger partial charge in [0, 0.05) is 12.1 Å². The molecule has 0 atom stereocenters. The molecule has 3 aromatic rings. The van der Waals surface area contributed by atoms with E-state index in [-0.39, 0.29) is 6.54 Å². The molecule has 0 aliphatic carbocycles. The number of ether oxygens (including phenoxy) is 1. The molecule has 1 heterocycles. The van der Waals surface area contributed by atoms with E-state index in [1.165, 1.54) is 12.1 Å². The Labute approximate surface area is 201 Å². The van der Waals surface area contributed by atoms with Crippen molar-refractivity contribution in [1.29, 1.82) is 0 Å². The van der Waals surface area contributed by atoms with Gasteiger partial charge in [0.1, 0.15) is 17.2 Å². The highest BCUT2D eigenvalue weighted by Crippen LogP contribution is 2.30. The standard InChI is InChI=1S/C23H26F3N3O5S/c1-5-10-29(21(30)33-22(2,3)4)14-20-27-13-19(28-20)17-7-6-16-12-18(9-8-15(16)11-17)34-35(31,32)23(24,25)26/h6-9,11-13H,5,10,14H2,1-4H3,(H,27,28). The molecular weight excluding hydrogens is 487 g/mol. The summed E-state index contributed by atoms with van der Waals surface area (Å²) in [5.74, 6) is 0.116. The Kier molecular flexibility index (Phi) is 7.34. The molecule has 0 spiro atoms. The van der Waals surface area contributed by atoms with E-state index < -0.39 is 33.1 Å².